The lowest BCUT2D eigenvalue weighted by atomic mass is 9.66. The smallest absolute Gasteiger partial charge is 0.171 e. The molecule has 0 N–H and O–H groups in total. The molecule has 0 aromatic carbocycles. The maximum absolute atomic E-state index is 13.2. The third kappa shape index (κ3) is 1.24. The van der Waals surface area contributed by atoms with Crippen LogP contribution < -0.4 is 0 Å². The number of rotatable bonds is 0. The van der Waals surface area contributed by atoms with Gasteiger partial charge in [-0.15, -0.1) is 0 Å². The highest BCUT2D eigenvalue weighted by Crippen LogP contribution is 2.88. The summed E-state index contributed by atoms with van der Waals surface area (Å²) in [5.41, 5.74) is 0.131. The Balaban J connectivity index is 2.00. The van der Waals surface area contributed by atoms with E-state index in [0.29, 0.717) is 12.3 Å². The second kappa shape index (κ2) is 2.93. The van der Waals surface area contributed by atoms with Gasteiger partial charge in [0.05, 0.1) is 5.92 Å². The van der Waals surface area contributed by atoms with E-state index >= 15 is 0 Å². The lowest BCUT2D eigenvalue weighted by molar-refractivity contribution is -0.196. The first-order chi connectivity index (χ1) is 7.93. The Morgan fingerprint density at radius 3 is 1.94 bits per heavy atom. The Labute approximate surface area is 107 Å². The summed E-state index contributed by atoms with van der Waals surface area (Å²) in [6, 6.07) is 0. The average Bonchev–Trinajstić information content (AvgIpc) is 2.54. The molecule has 0 saturated heterocycles. The number of alkyl halides is 3. The van der Waals surface area contributed by atoms with Crippen molar-refractivity contribution in [3.63, 3.8) is 0 Å². The Morgan fingerprint density at radius 1 is 1.00 bits per heavy atom. The zero-order valence-electron chi connectivity index (χ0n) is 11.9. The predicted octanol–water partition coefficient (Wildman–Crippen LogP) is 4.89. The first-order valence-corrected chi connectivity index (χ1v) is 7.00. The third-order valence-corrected chi connectivity index (χ3v) is 6.51. The SMILES string of the molecule is CC(C)(C)C1C2CC3(CC2C(F)(F)F)C1C3(C)C. The van der Waals surface area contributed by atoms with Crippen molar-refractivity contribution in [1.82, 2.24) is 0 Å². The van der Waals surface area contributed by atoms with E-state index in [0.717, 1.165) is 6.42 Å². The fourth-order valence-corrected chi connectivity index (χ4v) is 5.88. The zero-order chi connectivity index (χ0) is 13.7. The van der Waals surface area contributed by atoms with Gasteiger partial charge in [0.25, 0.3) is 0 Å². The van der Waals surface area contributed by atoms with Crippen molar-refractivity contribution in [1.29, 1.82) is 0 Å². The minimum atomic E-state index is -4.00. The number of fused-ring (bicyclic) bond motifs is 1. The molecule has 3 rings (SSSR count). The van der Waals surface area contributed by atoms with E-state index in [1.54, 1.807) is 0 Å². The van der Waals surface area contributed by atoms with Crippen LogP contribution in [0.3, 0.4) is 0 Å². The third-order valence-electron chi connectivity index (χ3n) is 6.51. The van der Waals surface area contributed by atoms with Gasteiger partial charge in [-0.05, 0) is 46.8 Å². The van der Waals surface area contributed by atoms with Crippen molar-refractivity contribution < 1.29 is 13.2 Å². The number of halogens is 3. The van der Waals surface area contributed by atoms with Crippen LogP contribution in [0.1, 0.15) is 47.5 Å². The summed E-state index contributed by atoms with van der Waals surface area (Å²) in [6.45, 7) is 10.7. The van der Waals surface area contributed by atoms with Crippen molar-refractivity contribution in [2.24, 2.45) is 39.9 Å². The van der Waals surface area contributed by atoms with Crippen LogP contribution in [-0.2, 0) is 0 Å². The largest absolute Gasteiger partial charge is 0.392 e. The standard InChI is InChI=1S/C15H23F3/c1-12(2,3)10-8-6-14(11(10)13(14,4)5)7-9(8)15(16,17)18/h8-11H,6-7H2,1-5H3. The summed E-state index contributed by atoms with van der Waals surface area (Å²) in [4.78, 5) is 0. The molecule has 3 aliphatic carbocycles. The van der Waals surface area contributed by atoms with Crippen LogP contribution in [0.4, 0.5) is 13.2 Å². The van der Waals surface area contributed by atoms with E-state index in [1.807, 2.05) is 0 Å². The fourth-order valence-electron chi connectivity index (χ4n) is 5.88. The van der Waals surface area contributed by atoms with Crippen LogP contribution in [0.15, 0.2) is 0 Å². The zero-order valence-corrected chi connectivity index (χ0v) is 11.9. The second-order valence-corrected chi connectivity index (χ2v) is 8.47. The van der Waals surface area contributed by atoms with E-state index in [2.05, 4.69) is 34.6 Å². The van der Waals surface area contributed by atoms with Gasteiger partial charge in [-0.3, -0.25) is 0 Å². The summed E-state index contributed by atoms with van der Waals surface area (Å²) in [5, 5.41) is 0. The predicted molar refractivity (Wildman–Crippen MR) is 64.9 cm³/mol. The van der Waals surface area contributed by atoms with Gasteiger partial charge < -0.3 is 0 Å². The molecule has 104 valence electrons. The van der Waals surface area contributed by atoms with Crippen LogP contribution in [0.5, 0.6) is 0 Å². The molecule has 2 bridgehead atoms. The van der Waals surface area contributed by atoms with Gasteiger partial charge in [0.1, 0.15) is 0 Å². The van der Waals surface area contributed by atoms with Gasteiger partial charge in [-0.2, -0.15) is 13.2 Å². The van der Waals surface area contributed by atoms with Crippen LogP contribution in [-0.4, -0.2) is 6.18 Å². The molecule has 0 aliphatic heterocycles. The minimum absolute atomic E-state index is 0.00519. The summed E-state index contributed by atoms with van der Waals surface area (Å²) in [7, 11) is 0. The molecule has 1 spiro atoms. The van der Waals surface area contributed by atoms with E-state index in [4.69, 9.17) is 0 Å². The van der Waals surface area contributed by atoms with E-state index < -0.39 is 12.1 Å². The quantitative estimate of drug-likeness (QED) is 0.581. The molecular formula is C15H23F3. The summed E-state index contributed by atoms with van der Waals surface area (Å²) >= 11 is 0. The maximum Gasteiger partial charge on any atom is 0.392 e. The van der Waals surface area contributed by atoms with Gasteiger partial charge in [0, 0.05) is 0 Å². The van der Waals surface area contributed by atoms with Crippen LogP contribution in [0.2, 0.25) is 0 Å². The minimum Gasteiger partial charge on any atom is -0.171 e. The summed E-state index contributed by atoms with van der Waals surface area (Å²) < 4.78 is 39.7. The molecular weight excluding hydrogens is 237 g/mol. The van der Waals surface area contributed by atoms with Gasteiger partial charge in [-0.25, -0.2) is 0 Å². The topological polar surface area (TPSA) is 0 Å². The van der Waals surface area contributed by atoms with Gasteiger partial charge in [0.15, 0.2) is 0 Å². The molecule has 0 radical (unpaired) electrons. The Kier molecular flexibility index (Phi) is 2.09. The Hall–Kier alpha value is -0.210. The molecule has 0 amide bonds. The van der Waals surface area contributed by atoms with E-state index in [9.17, 15) is 13.2 Å². The van der Waals surface area contributed by atoms with Gasteiger partial charge in [-0.1, -0.05) is 34.6 Å². The summed E-state index contributed by atoms with van der Waals surface area (Å²) in [5.74, 6) is -0.399. The second-order valence-electron chi connectivity index (χ2n) is 8.47. The van der Waals surface area contributed by atoms with E-state index in [1.165, 1.54) is 0 Å². The number of hydrogen-bond acceptors (Lipinski definition) is 0. The maximum atomic E-state index is 13.2. The molecule has 0 nitrogen and oxygen atoms in total. The van der Waals surface area contributed by atoms with Crippen molar-refractivity contribution >= 4 is 0 Å². The van der Waals surface area contributed by atoms with Crippen LogP contribution in [0.25, 0.3) is 0 Å². The van der Waals surface area contributed by atoms with Gasteiger partial charge in [0.2, 0.25) is 0 Å². The van der Waals surface area contributed by atoms with Gasteiger partial charge >= 0.3 is 6.18 Å². The average molecular weight is 260 g/mol. The van der Waals surface area contributed by atoms with Crippen molar-refractivity contribution in [2.75, 3.05) is 0 Å². The molecule has 0 heterocycles. The molecule has 3 heteroatoms. The van der Waals surface area contributed by atoms with Crippen molar-refractivity contribution in [3.05, 3.63) is 0 Å². The Morgan fingerprint density at radius 2 is 1.56 bits per heavy atom. The first-order valence-electron chi connectivity index (χ1n) is 7.00. The highest BCUT2D eigenvalue weighted by Gasteiger charge is 2.84. The molecule has 3 fully saturated rings. The lowest BCUT2D eigenvalue weighted by Crippen LogP contribution is -2.38. The molecule has 3 saturated carbocycles. The van der Waals surface area contributed by atoms with Crippen molar-refractivity contribution in [2.45, 2.75) is 53.6 Å². The summed E-state index contributed by atoms with van der Waals surface area (Å²) in [6.07, 6.45) is -2.79. The van der Waals surface area contributed by atoms with Crippen LogP contribution >= 0.6 is 0 Å². The molecule has 5 atom stereocenters. The fraction of sp³-hybridized carbons (Fsp3) is 1.00. The Bertz CT molecular complexity index is 388. The van der Waals surface area contributed by atoms with Crippen LogP contribution in [0, 0.1) is 39.9 Å². The monoisotopic (exact) mass is 260 g/mol. The first kappa shape index (κ1) is 12.8. The highest BCUT2D eigenvalue weighted by molar-refractivity contribution is 5.30. The lowest BCUT2D eigenvalue weighted by Gasteiger charge is -2.39. The van der Waals surface area contributed by atoms with Crippen molar-refractivity contribution in [3.8, 4) is 0 Å². The van der Waals surface area contributed by atoms with E-state index in [-0.39, 0.29) is 28.1 Å². The molecule has 18 heavy (non-hydrogen) atoms. The highest BCUT2D eigenvalue weighted by atomic mass is 19.4. The number of hydrogen-bond donors (Lipinski definition) is 0. The molecule has 0 aromatic rings. The molecule has 5 unspecified atom stereocenters. The normalized spacial score (nSPS) is 49.3. The molecule has 0 aromatic heterocycles. The molecule has 3 aliphatic rings.